The molecule has 1 atom stereocenters. The molecule has 0 saturated carbocycles. The van der Waals surface area contributed by atoms with Gasteiger partial charge >= 0.3 is 0 Å². The summed E-state index contributed by atoms with van der Waals surface area (Å²) in [4.78, 5) is 17.8. The van der Waals surface area contributed by atoms with Crippen LogP contribution in [0.1, 0.15) is 31.4 Å². The Morgan fingerprint density at radius 1 is 1.15 bits per heavy atom. The lowest BCUT2D eigenvalue weighted by Crippen LogP contribution is -2.49. The quantitative estimate of drug-likeness (QED) is 0.824. The molecule has 0 aliphatic carbocycles. The van der Waals surface area contributed by atoms with Crippen LogP contribution in [0, 0.1) is 0 Å². The summed E-state index contributed by atoms with van der Waals surface area (Å²) in [6.45, 7) is 4.23. The van der Waals surface area contributed by atoms with Crippen LogP contribution in [-0.2, 0) is 11.2 Å². The van der Waals surface area contributed by atoms with Crippen molar-refractivity contribution in [3.05, 3.63) is 30.0 Å². The van der Waals surface area contributed by atoms with Crippen LogP contribution in [0.4, 0.5) is 0 Å². The molecule has 1 unspecified atom stereocenters. The average Bonchev–Trinajstić information content (AvgIpc) is 2.92. The first-order valence-electron chi connectivity index (χ1n) is 9.74. The van der Waals surface area contributed by atoms with Crippen LogP contribution in [0.25, 0.3) is 11.0 Å². The summed E-state index contributed by atoms with van der Waals surface area (Å²) in [5, 5.41) is 5.11. The van der Waals surface area contributed by atoms with E-state index in [9.17, 15) is 4.79 Å². The topological polar surface area (TPSA) is 49.6 Å². The molecular formula is C20H27N3O2S. The zero-order chi connectivity index (χ0) is 17.8. The van der Waals surface area contributed by atoms with E-state index < -0.39 is 0 Å². The third-order valence-corrected chi connectivity index (χ3v) is 6.65. The van der Waals surface area contributed by atoms with Crippen molar-refractivity contribution in [3.8, 4) is 0 Å². The predicted molar refractivity (Wildman–Crippen MR) is 105 cm³/mol. The van der Waals surface area contributed by atoms with Gasteiger partial charge in [-0.25, -0.2) is 0 Å². The third kappa shape index (κ3) is 4.07. The first-order valence-corrected chi connectivity index (χ1v) is 10.9. The highest BCUT2D eigenvalue weighted by atomic mass is 32.2. The number of thioether (sulfide) groups is 1. The summed E-state index contributed by atoms with van der Waals surface area (Å²) in [5.41, 5.74) is 1.52. The largest absolute Gasteiger partial charge is 0.356 e. The molecule has 2 aromatic rings. The third-order valence-electron chi connectivity index (χ3n) is 5.45. The van der Waals surface area contributed by atoms with Gasteiger partial charge in [-0.1, -0.05) is 23.7 Å². The standard InChI is InChI=1S/C20H27N3O2S/c24-20(13-18-17-7-2-3-8-19(17)25-21-18)23-11-6-12-26-15-16(23)14-22-9-4-1-5-10-22/h2-3,7-8,16H,1,4-6,9-15H2. The summed E-state index contributed by atoms with van der Waals surface area (Å²) < 4.78 is 5.38. The molecule has 1 aromatic heterocycles. The molecule has 2 aliphatic heterocycles. The number of fused-ring (bicyclic) bond motifs is 1. The highest BCUT2D eigenvalue weighted by Gasteiger charge is 2.28. The number of hydrogen-bond acceptors (Lipinski definition) is 5. The van der Waals surface area contributed by atoms with Gasteiger partial charge in [-0.3, -0.25) is 4.79 Å². The number of carbonyl (C=O) groups excluding carboxylic acids is 1. The van der Waals surface area contributed by atoms with Crippen molar-refractivity contribution < 1.29 is 9.32 Å². The zero-order valence-electron chi connectivity index (χ0n) is 15.2. The molecule has 2 aliphatic rings. The second-order valence-electron chi connectivity index (χ2n) is 7.33. The predicted octanol–water partition coefficient (Wildman–Crippen LogP) is 3.19. The maximum absolute atomic E-state index is 13.1. The highest BCUT2D eigenvalue weighted by Crippen LogP contribution is 2.22. The number of hydrogen-bond donors (Lipinski definition) is 0. The number of carbonyl (C=O) groups is 1. The van der Waals surface area contributed by atoms with Gasteiger partial charge in [0.25, 0.3) is 0 Å². The van der Waals surface area contributed by atoms with Gasteiger partial charge in [0.05, 0.1) is 12.5 Å². The lowest BCUT2D eigenvalue weighted by Gasteiger charge is -2.35. The fraction of sp³-hybridized carbons (Fsp3) is 0.600. The molecule has 26 heavy (non-hydrogen) atoms. The second kappa shape index (κ2) is 8.44. The molecule has 1 aromatic carbocycles. The van der Waals surface area contributed by atoms with Crippen molar-refractivity contribution in [1.29, 1.82) is 0 Å². The van der Waals surface area contributed by atoms with Gasteiger partial charge in [-0.2, -0.15) is 11.8 Å². The average molecular weight is 374 g/mol. The Kier molecular flexibility index (Phi) is 5.80. The number of rotatable bonds is 4. The van der Waals surface area contributed by atoms with E-state index in [1.807, 2.05) is 36.0 Å². The van der Waals surface area contributed by atoms with Crippen molar-refractivity contribution in [2.24, 2.45) is 0 Å². The van der Waals surface area contributed by atoms with Crippen LogP contribution in [0.3, 0.4) is 0 Å². The highest BCUT2D eigenvalue weighted by molar-refractivity contribution is 7.99. The number of amides is 1. The zero-order valence-corrected chi connectivity index (χ0v) is 16.0. The lowest BCUT2D eigenvalue weighted by atomic mass is 10.1. The Labute approximate surface area is 159 Å². The number of nitrogens with zero attached hydrogens (tertiary/aromatic N) is 3. The van der Waals surface area contributed by atoms with Gasteiger partial charge in [0.1, 0.15) is 5.69 Å². The summed E-state index contributed by atoms with van der Waals surface area (Å²) in [7, 11) is 0. The SMILES string of the molecule is O=C(Cc1noc2ccccc12)N1CCCSCC1CN1CCCCC1. The van der Waals surface area contributed by atoms with E-state index in [2.05, 4.69) is 15.0 Å². The minimum Gasteiger partial charge on any atom is -0.356 e. The molecule has 2 saturated heterocycles. The van der Waals surface area contributed by atoms with Gasteiger partial charge in [0, 0.05) is 24.2 Å². The molecule has 0 N–H and O–H groups in total. The second-order valence-corrected chi connectivity index (χ2v) is 8.48. The first kappa shape index (κ1) is 17.9. The van der Waals surface area contributed by atoms with Gasteiger partial charge in [-0.15, -0.1) is 0 Å². The smallest absolute Gasteiger partial charge is 0.229 e. The number of likely N-dealkylation sites (tertiary alicyclic amines) is 1. The van der Waals surface area contributed by atoms with Crippen LogP contribution < -0.4 is 0 Å². The monoisotopic (exact) mass is 373 g/mol. The number of benzene rings is 1. The summed E-state index contributed by atoms with van der Waals surface area (Å²) >= 11 is 1.99. The van der Waals surface area contributed by atoms with E-state index in [-0.39, 0.29) is 5.91 Å². The van der Waals surface area contributed by atoms with E-state index in [0.29, 0.717) is 12.5 Å². The van der Waals surface area contributed by atoms with Gasteiger partial charge < -0.3 is 14.3 Å². The molecule has 4 rings (SSSR count). The van der Waals surface area contributed by atoms with Crippen molar-refractivity contribution >= 4 is 28.6 Å². The molecule has 140 valence electrons. The molecule has 0 bridgehead atoms. The van der Waals surface area contributed by atoms with E-state index >= 15 is 0 Å². The van der Waals surface area contributed by atoms with E-state index in [4.69, 9.17) is 4.52 Å². The van der Waals surface area contributed by atoms with Gasteiger partial charge in [0.15, 0.2) is 5.58 Å². The molecule has 6 heteroatoms. The van der Waals surface area contributed by atoms with Gasteiger partial charge in [-0.05, 0) is 50.2 Å². The fourth-order valence-electron chi connectivity index (χ4n) is 4.06. The number of para-hydroxylation sites is 1. The molecule has 0 radical (unpaired) electrons. The summed E-state index contributed by atoms with van der Waals surface area (Å²) in [6.07, 6.45) is 5.33. The molecule has 0 spiro atoms. The van der Waals surface area contributed by atoms with E-state index in [1.165, 1.54) is 32.4 Å². The molecular weight excluding hydrogens is 346 g/mol. The maximum Gasteiger partial charge on any atom is 0.229 e. The number of piperidine rings is 1. The Bertz CT molecular complexity index is 741. The van der Waals surface area contributed by atoms with Gasteiger partial charge in [0.2, 0.25) is 5.91 Å². The molecule has 1 amide bonds. The normalized spacial score (nSPS) is 22.5. The van der Waals surface area contributed by atoms with Crippen LogP contribution in [-0.4, -0.2) is 64.6 Å². The van der Waals surface area contributed by atoms with Crippen LogP contribution in [0.5, 0.6) is 0 Å². The molecule has 5 nitrogen and oxygen atoms in total. The molecule has 3 heterocycles. The Hall–Kier alpha value is -1.53. The van der Waals surface area contributed by atoms with Crippen molar-refractivity contribution in [3.63, 3.8) is 0 Å². The fourth-order valence-corrected chi connectivity index (χ4v) is 5.12. The summed E-state index contributed by atoms with van der Waals surface area (Å²) in [6, 6.07) is 8.09. The van der Waals surface area contributed by atoms with Crippen LogP contribution >= 0.6 is 11.8 Å². The Morgan fingerprint density at radius 2 is 2.00 bits per heavy atom. The Morgan fingerprint density at radius 3 is 2.88 bits per heavy atom. The minimum absolute atomic E-state index is 0.188. The summed E-state index contributed by atoms with van der Waals surface area (Å²) in [5.74, 6) is 2.38. The van der Waals surface area contributed by atoms with Crippen molar-refractivity contribution in [2.75, 3.05) is 37.7 Å². The van der Waals surface area contributed by atoms with Crippen LogP contribution in [0.2, 0.25) is 0 Å². The lowest BCUT2D eigenvalue weighted by molar-refractivity contribution is -0.132. The van der Waals surface area contributed by atoms with E-state index in [0.717, 1.165) is 47.7 Å². The Balaban J connectivity index is 1.47. The number of aromatic nitrogens is 1. The van der Waals surface area contributed by atoms with Crippen LogP contribution in [0.15, 0.2) is 28.8 Å². The minimum atomic E-state index is 0.188. The van der Waals surface area contributed by atoms with E-state index in [1.54, 1.807) is 0 Å². The molecule has 2 fully saturated rings. The first-order chi connectivity index (χ1) is 12.8. The maximum atomic E-state index is 13.1. The van der Waals surface area contributed by atoms with Crippen molar-refractivity contribution in [1.82, 2.24) is 15.0 Å². The van der Waals surface area contributed by atoms with Crippen molar-refractivity contribution in [2.45, 2.75) is 38.1 Å².